The maximum atomic E-state index is 12.2. The number of aromatic nitrogens is 2. The molecule has 1 fully saturated rings. The molecule has 0 bridgehead atoms. The topological polar surface area (TPSA) is 49.0 Å². The van der Waals surface area contributed by atoms with Crippen molar-refractivity contribution in [2.45, 2.75) is 25.3 Å². The van der Waals surface area contributed by atoms with E-state index in [1.54, 1.807) is 0 Å². The van der Waals surface area contributed by atoms with Gasteiger partial charge in [0.2, 0.25) is 0 Å². The predicted molar refractivity (Wildman–Crippen MR) is 102 cm³/mol. The van der Waals surface area contributed by atoms with Crippen molar-refractivity contribution in [2.24, 2.45) is 0 Å². The molecule has 0 atom stereocenters. The molecular weight excluding hydrogens is 386 g/mol. The maximum absolute atomic E-state index is 12.2. The zero-order chi connectivity index (χ0) is 16.5. The highest BCUT2D eigenvalue weighted by molar-refractivity contribution is 9.11. The van der Waals surface area contributed by atoms with E-state index in [1.165, 1.54) is 16.9 Å². The molecule has 0 spiro atoms. The molecule has 4 nitrogen and oxygen atoms in total. The van der Waals surface area contributed by atoms with Gasteiger partial charge >= 0.3 is 0 Å². The fourth-order valence-electron chi connectivity index (χ4n) is 3.40. The first-order valence-corrected chi connectivity index (χ1v) is 9.75. The summed E-state index contributed by atoms with van der Waals surface area (Å²) in [5.74, 6) is 1.40. The number of hydrogen-bond donors (Lipinski definition) is 1. The van der Waals surface area contributed by atoms with E-state index in [9.17, 15) is 4.79 Å². The van der Waals surface area contributed by atoms with Gasteiger partial charge in [-0.3, -0.25) is 9.69 Å². The standard InChI is InChI=1S/C18H18BrN3OS/c19-15-10-14-17(24-15)18(23)21-16(20-14)11-22-8-6-13(7-9-22)12-4-2-1-3-5-12/h1-5,10,13H,6-9,11H2,(H,20,21,23). The van der Waals surface area contributed by atoms with Crippen LogP contribution in [0.3, 0.4) is 0 Å². The average molecular weight is 404 g/mol. The van der Waals surface area contributed by atoms with Crippen LogP contribution in [0, 0.1) is 0 Å². The van der Waals surface area contributed by atoms with Gasteiger partial charge in [-0.05, 0) is 59.4 Å². The van der Waals surface area contributed by atoms with Gasteiger partial charge in [0, 0.05) is 0 Å². The molecule has 2 aromatic heterocycles. The van der Waals surface area contributed by atoms with Crippen molar-refractivity contribution in [2.75, 3.05) is 13.1 Å². The van der Waals surface area contributed by atoms with E-state index >= 15 is 0 Å². The minimum absolute atomic E-state index is 0.0372. The molecule has 1 aliphatic rings. The maximum Gasteiger partial charge on any atom is 0.268 e. The molecular formula is C18H18BrN3OS. The summed E-state index contributed by atoms with van der Waals surface area (Å²) in [6.45, 7) is 2.78. The van der Waals surface area contributed by atoms with Crippen LogP contribution in [0.15, 0.2) is 45.0 Å². The van der Waals surface area contributed by atoms with Crippen LogP contribution in [-0.4, -0.2) is 28.0 Å². The van der Waals surface area contributed by atoms with Crippen LogP contribution in [0.25, 0.3) is 10.2 Å². The molecule has 1 saturated heterocycles. The van der Waals surface area contributed by atoms with Crippen LogP contribution in [0.4, 0.5) is 0 Å². The molecule has 1 aliphatic heterocycles. The fraction of sp³-hybridized carbons (Fsp3) is 0.333. The van der Waals surface area contributed by atoms with Crippen molar-refractivity contribution >= 4 is 37.5 Å². The number of piperidine rings is 1. The van der Waals surface area contributed by atoms with Crippen molar-refractivity contribution in [1.29, 1.82) is 0 Å². The normalized spacial score (nSPS) is 16.7. The van der Waals surface area contributed by atoms with Crippen LogP contribution in [0.2, 0.25) is 0 Å². The summed E-state index contributed by atoms with van der Waals surface area (Å²) in [5.41, 5.74) is 2.18. The number of halogens is 1. The lowest BCUT2D eigenvalue weighted by Gasteiger charge is -2.31. The number of aromatic amines is 1. The Balaban J connectivity index is 1.45. The van der Waals surface area contributed by atoms with E-state index in [4.69, 9.17) is 0 Å². The quantitative estimate of drug-likeness (QED) is 0.714. The molecule has 0 saturated carbocycles. The molecule has 4 rings (SSSR count). The molecule has 0 radical (unpaired) electrons. The molecule has 1 N–H and O–H groups in total. The summed E-state index contributed by atoms with van der Waals surface area (Å²) in [5, 5.41) is 0. The van der Waals surface area contributed by atoms with Gasteiger partial charge < -0.3 is 4.98 Å². The molecule has 0 amide bonds. The number of nitrogens with zero attached hydrogens (tertiary/aromatic N) is 2. The largest absolute Gasteiger partial charge is 0.308 e. The number of thiophene rings is 1. The zero-order valence-electron chi connectivity index (χ0n) is 13.2. The van der Waals surface area contributed by atoms with Crippen LogP contribution in [0.5, 0.6) is 0 Å². The van der Waals surface area contributed by atoms with Gasteiger partial charge in [-0.1, -0.05) is 30.3 Å². The number of rotatable bonds is 3. The zero-order valence-corrected chi connectivity index (χ0v) is 15.6. The first-order valence-electron chi connectivity index (χ1n) is 8.14. The van der Waals surface area contributed by atoms with Crippen LogP contribution < -0.4 is 5.56 Å². The Kier molecular flexibility index (Phi) is 4.52. The summed E-state index contributed by atoms with van der Waals surface area (Å²) in [6, 6.07) is 12.7. The lowest BCUT2D eigenvalue weighted by atomic mass is 9.89. The Morgan fingerprint density at radius 1 is 1.25 bits per heavy atom. The number of likely N-dealkylation sites (tertiary alicyclic amines) is 1. The number of fused-ring (bicyclic) bond motifs is 1. The summed E-state index contributed by atoms with van der Waals surface area (Å²) in [7, 11) is 0. The van der Waals surface area contributed by atoms with E-state index in [0.29, 0.717) is 17.2 Å². The second-order valence-corrected chi connectivity index (χ2v) is 8.67. The minimum Gasteiger partial charge on any atom is -0.308 e. The van der Waals surface area contributed by atoms with Crippen molar-refractivity contribution in [1.82, 2.24) is 14.9 Å². The van der Waals surface area contributed by atoms with Crippen LogP contribution >= 0.6 is 27.3 Å². The van der Waals surface area contributed by atoms with Crippen LogP contribution in [0.1, 0.15) is 30.1 Å². The van der Waals surface area contributed by atoms with E-state index in [2.05, 4.69) is 61.1 Å². The Labute approximate surface area is 152 Å². The molecule has 124 valence electrons. The highest BCUT2D eigenvalue weighted by Gasteiger charge is 2.21. The molecule has 6 heteroatoms. The van der Waals surface area contributed by atoms with Gasteiger partial charge in [0.05, 0.1) is 15.8 Å². The summed E-state index contributed by atoms with van der Waals surface area (Å²) < 4.78 is 1.63. The number of hydrogen-bond acceptors (Lipinski definition) is 4. The summed E-state index contributed by atoms with van der Waals surface area (Å²) >= 11 is 4.85. The number of benzene rings is 1. The van der Waals surface area contributed by atoms with Crippen molar-refractivity contribution in [3.05, 3.63) is 61.9 Å². The first-order chi connectivity index (χ1) is 11.7. The van der Waals surface area contributed by atoms with E-state index in [0.717, 1.165) is 41.1 Å². The Morgan fingerprint density at radius 2 is 2.00 bits per heavy atom. The highest BCUT2D eigenvalue weighted by Crippen LogP contribution is 2.29. The van der Waals surface area contributed by atoms with Crippen molar-refractivity contribution in [3.63, 3.8) is 0 Å². The fourth-order valence-corrected chi connectivity index (χ4v) is 4.82. The van der Waals surface area contributed by atoms with Crippen molar-refractivity contribution < 1.29 is 0 Å². The summed E-state index contributed by atoms with van der Waals surface area (Å²) in [4.78, 5) is 22.1. The lowest BCUT2D eigenvalue weighted by molar-refractivity contribution is 0.200. The summed E-state index contributed by atoms with van der Waals surface area (Å²) in [6.07, 6.45) is 2.31. The highest BCUT2D eigenvalue weighted by atomic mass is 79.9. The van der Waals surface area contributed by atoms with E-state index in [1.807, 2.05) is 6.07 Å². The second kappa shape index (κ2) is 6.78. The van der Waals surface area contributed by atoms with E-state index < -0.39 is 0 Å². The number of H-pyrrole nitrogens is 1. The third-order valence-electron chi connectivity index (χ3n) is 4.63. The Morgan fingerprint density at radius 3 is 2.75 bits per heavy atom. The van der Waals surface area contributed by atoms with Crippen LogP contribution in [-0.2, 0) is 6.54 Å². The average Bonchev–Trinajstić information content (AvgIpc) is 2.97. The lowest BCUT2D eigenvalue weighted by Crippen LogP contribution is -2.33. The predicted octanol–water partition coefficient (Wildman–Crippen LogP) is 4.13. The third kappa shape index (κ3) is 3.31. The van der Waals surface area contributed by atoms with Gasteiger partial charge in [0.25, 0.3) is 5.56 Å². The molecule has 3 heterocycles. The second-order valence-electron chi connectivity index (χ2n) is 6.24. The minimum atomic E-state index is -0.0372. The first kappa shape index (κ1) is 16.0. The number of nitrogens with one attached hydrogen (secondary N) is 1. The Hall–Kier alpha value is -1.50. The molecule has 0 aliphatic carbocycles. The van der Waals surface area contributed by atoms with Gasteiger partial charge in [0.15, 0.2) is 0 Å². The molecule has 24 heavy (non-hydrogen) atoms. The van der Waals surface area contributed by atoms with Gasteiger partial charge in [-0.25, -0.2) is 4.98 Å². The van der Waals surface area contributed by atoms with Gasteiger partial charge in [-0.2, -0.15) is 0 Å². The molecule has 1 aromatic carbocycles. The monoisotopic (exact) mass is 403 g/mol. The Bertz CT molecular complexity index is 898. The van der Waals surface area contributed by atoms with Gasteiger partial charge in [0.1, 0.15) is 10.5 Å². The SMILES string of the molecule is O=c1[nH]c(CN2CCC(c3ccccc3)CC2)nc2cc(Br)sc12. The molecule has 0 unspecified atom stereocenters. The van der Waals surface area contributed by atoms with Crippen molar-refractivity contribution in [3.8, 4) is 0 Å². The third-order valence-corrected chi connectivity index (χ3v) is 6.26. The van der Waals surface area contributed by atoms with E-state index in [-0.39, 0.29) is 5.56 Å². The molecule has 3 aromatic rings. The smallest absolute Gasteiger partial charge is 0.268 e. The van der Waals surface area contributed by atoms with Gasteiger partial charge in [-0.15, -0.1) is 11.3 Å².